The van der Waals surface area contributed by atoms with E-state index in [9.17, 15) is 0 Å². The van der Waals surface area contributed by atoms with Crippen LogP contribution in [0.15, 0.2) is 36.4 Å². The van der Waals surface area contributed by atoms with Crippen LogP contribution in [0, 0.1) is 17.4 Å². The maximum Gasteiger partial charge on any atom is 0.0647 e. The van der Waals surface area contributed by atoms with Crippen molar-refractivity contribution in [2.24, 2.45) is 0 Å². The van der Waals surface area contributed by atoms with Crippen molar-refractivity contribution >= 4 is 50.1 Å². The van der Waals surface area contributed by atoms with Crippen LogP contribution in [0.4, 0.5) is 0 Å². The Hall–Kier alpha value is -0.0600. The van der Waals surface area contributed by atoms with Gasteiger partial charge in [-0.05, 0) is 65.3 Å². The molecule has 0 bridgehead atoms. The van der Waals surface area contributed by atoms with Crippen molar-refractivity contribution in [3.8, 4) is 0 Å². The van der Waals surface area contributed by atoms with E-state index in [0.717, 1.165) is 8.59 Å². The van der Waals surface area contributed by atoms with E-state index in [0.29, 0.717) is 0 Å². The van der Waals surface area contributed by atoms with Crippen LogP contribution in [0.3, 0.4) is 0 Å². The largest absolute Gasteiger partial charge is 0.0832 e. The third-order valence-corrected chi connectivity index (χ3v) is 5.54. The van der Waals surface area contributed by atoms with E-state index in [4.69, 9.17) is 11.6 Å². The lowest BCUT2D eigenvalue weighted by Gasteiger charge is -2.15. The molecule has 1 unspecified atom stereocenters. The molecule has 0 N–H and O–H groups in total. The summed E-state index contributed by atoms with van der Waals surface area (Å²) in [6, 6.07) is 12.7. The Labute approximate surface area is 135 Å². The normalized spacial score (nSPS) is 12.5. The van der Waals surface area contributed by atoms with E-state index in [1.54, 1.807) is 0 Å². The molecule has 0 aliphatic carbocycles. The van der Waals surface area contributed by atoms with Gasteiger partial charge in [0.25, 0.3) is 0 Å². The molecule has 94 valence electrons. The Kier molecular flexibility index (Phi) is 4.73. The van der Waals surface area contributed by atoms with Crippen LogP contribution in [0.2, 0.25) is 5.02 Å². The minimum Gasteiger partial charge on any atom is -0.0832 e. The molecule has 3 heteroatoms. The zero-order valence-corrected chi connectivity index (χ0v) is 14.7. The van der Waals surface area contributed by atoms with Crippen LogP contribution < -0.4 is 0 Å². The van der Waals surface area contributed by atoms with Gasteiger partial charge < -0.3 is 0 Å². The fourth-order valence-electron chi connectivity index (χ4n) is 1.88. The molecule has 18 heavy (non-hydrogen) atoms. The van der Waals surface area contributed by atoms with Gasteiger partial charge in [0, 0.05) is 3.57 Å². The first-order valence-electron chi connectivity index (χ1n) is 5.65. The molecule has 2 aromatic rings. The maximum absolute atomic E-state index is 6.19. The minimum absolute atomic E-state index is 0.187. The summed E-state index contributed by atoms with van der Waals surface area (Å²) < 4.78 is 1.08. The molecule has 0 radical (unpaired) electrons. The maximum atomic E-state index is 6.19. The highest BCUT2D eigenvalue weighted by Crippen LogP contribution is 2.35. The minimum atomic E-state index is 0.187. The predicted molar refractivity (Wildman–Crippen MR) is 90.9 cm³/mol. The van der Waals surface area contributed by atoms with E-state index >= 15 is 0 Å². The summed E-state index contributed by atoms with van der Waals surface area (Å²) in [5.41, 5.74) is 5.05. The SMILES string of the molecule is Cc1ccc(C)c(C(Br)c2ccc(I)c(Cl)c2)c1. The first-order valence-corrected chi connectivity index (χ1v) is 8.02. The molecule has 2 rings (SSSR count). The zero-order chi connectivity index (χ0) is 13.3. The topological polar surface area (TPSA) is 0 Å². The van der Waals surface area contributed by atoms with Crippen molar-refractivity contribution in [3.05, 3.63) is 67.2 Å². The molecule has 0 aliphatic heterocycles. The third kappa shape index (κ3) is 3.09. The summed E-state index contributed by atoms with van der Waals surface area (Å²) in [6.07, 6.45) is 0. The van der Waals surface area contributed by atoms with Crippen LogP contribution in [0.25, 0.3) is 0 Å². The summed E-state index contributed by atoms with van der Waals surface area (Å²) in [5, 5.41) is 0.808. The van der Waals surface area contributed by atoms with Crippen molar-refractivity contribution in [1.29, 1.82) is 0 Å². The van der Waals surface area contributed by atoms with Gasteiger partial charge in [-0.15, -0.1) is 0 Å². The lowest BCUT2D eigenvalue weighted by molar-refractivity contribution is 1.13. The first-order chi connectivity index (χ1) is 8.49. The van der Waals surface area contributed by atoms with Crippen LogP contribution in [-0.4, -0.2) is 0 Å². The van der Waals surface area contributed by atoms with Crippen LogP contribution in [0.5, 0.6) is 0 Å². The van der Waals surface area contributed by atoms with Gasteiger partial charge >= 0.3 is 0 Å². The number of benzene rings is 2. The standard InChI is InChI=1S/C15H13BrClI/c1-9-3-4-10(2)12(7-9)15(16)11-5-6-14(18)13(17)8-11/h3-8,15H,1-2H3. The van der Waals surface area contributed by atoms with Gasteiger partial charge in [0.05, 0.1) is 9.85 Å². The van der Waals surface area contributed by atoms with Crippen LogP contribution in [-0.2, 0) is 0 Å². The molecule has 0 saturated heterocycles. The molecule has 0 aliphatic rings. The average Bonchev–Trinajstić information content (AvgIpc) is 2.35. The van der Waals surface area contributed by atoms with Crippen LogP contribution >= 0.6 is 50.1 Å². The lowest BCUT2D eigenvalue weighted by atomic mass is 9.98. The molecular weight excluding hydrogens is 422 g/mol. The summed E-state index contributed by atoms with van der Waals surface area (Å²) in [6.45, 7) is 4.25. The Bertz CT molecular complexity index is 581. The van der Waals surface area contributed by atoms with Gasteiger partial charge in [-0.25, -0.2) is 0 Å². The molecule has 0 heterocycles. The smallest absolute Gasteiger partial charge is 0.0647 e. The molecule has 0 amide bonds. The number of alkyl halides is 1. The molecule has 2 aromatic carbocycles. The molecule has 0 spiro atoms. The Morgan fingerprint density at radius 3 is 2.50 bits per heavy atom. The van der Waals surface area contributed by atoms with Gasteiger partial charge in [-0.2, -0.15) is 0 Å². The highest BCUT2D eigenvalue weighted by Gasteiger charge is 2.14. The lowest BCUT2D eigenvalue weighted by Crippen LogP contribution is -1.97. The number of hydrogen-bond acceptors (Lipinski definition) is 0. The third-order valence-electron chi connectivity index (χ3n) is 2.94. The Balaban J connectivity index is 2.44. The summed E-state index contributed by atoms with van der Waals surface area (Å²) in [7, 11) is 0. The molecule has 0 aromatic heterocycles. The quantitative estimate of drug-likeness (QED) is 0.398. The second kappa shape index (κ2) is 5.93. The first kappa shape index (κ1) is 14.4. The van der Waals surface area contributed by atoms with Crippen molar-refractivity contribution < 1.29 is 0 Å². The summed E-state index contributed by atoms with van der Waals surface area (Å²) >= 11 is 12.2. The molecule has 0 fully saturated rings. The van der Waals surface area contributed by atoms with Crippen molar-refractivity contribution in [2.45, 2.75) is 18.7 Å². The van der Waals surface area contributed by atoms with Crippen molar-refractivity contribution in [1.82, 2.24) is 0 Å². The monoisotopic (exact) mass is 434 g/mol. The number of rotatable bonds is 2. The van der Waals surface area contributed by atoms with E-state index in [2.05, 4.69) is 82.7 Å². The van der Waals surface area contributed by atoms with E-state index < -0.39 is 0 Å². The fourth-order valence-corrected chi connectivity index (χ4v) is 3.19. The number of halogens is 3. The zero-order valence-electron chi connectivity index (χ0n) is 10.2. The Morgan fingerprint density at radius 1 is 1.11 bits per heavy atom. The summed E-state index contributed by atoms with van der Waals surface area (Å²) in [5.74, 6) is 0. The fraction of sp³-hybridized carbons (Fsp3) is 0.200. The predicted octanol–water partition coefficient (Wildman–Crippen LogP) is 6.05. The second-order valence-electron chi connectivity index (χ2n) is 4.40. The molecule has 1 atom stereocenters. The van der Waals surface area contributed by atoms with Crippen LogP contribution in [0.1, 0.15) is 27.1 Å². The van der Waals surface area contributed by atoms with Crippen molar-refractivity contribution in [3.63, 3.8) is 0 Å². The Morgan fingerprint density at radius 2 is 1.83 bits per heavy atom. The number of aryl methyl sites for hydroxylation is 2. The van der Waals surface area contributed by atoms with Gasteiger partial charge in [-0.3, -0.25) is 0 Å². The van der Waals surface area contributed by atoms with Crippen molar-refractivity contribution in [2.75, 3.05) is 0 Å². The average molecular weight is 436 g/mol. The van der Waals surface area contributed by atoms with Gasteiger partial charge in [0.1, 0.15) is 0 Å². The highest BCUT2D eigenvalue weighted by atomic mass is 127. The molecule has 0 nitrogen and oxygen atoms in total. The van der Waals surface area contributed by atoms with E-state index in [-0.39, 0.29) is 4.83 Å². The van der Waals surface area contributed by atoms with Gasteiger partial charge in [0.2, 0.25) is 0 Å². The second-order valence-corrected chi connectivity index (χ2v) is 6.88. The summed E-state index contributed by atoms with van der Waals surface area (Å²) in [4.78, 5) is 0.187. The van der Waals surface area contributed by atoms with Gasteiger partial charge in [-0.1, -0.05) is 57.4 Å². The molecular formula is C15H13BrClI. The number of hydrogen-bond donors (Lipinski definition) is 0. The van der Waals surface area contributed by atoms with E-state index in [1.807, 2.05) is 6.07 Å². The van der Waals surface area contributed by atoms with Gasteiger partial charge in [0.15, 0.2) is 0 Å². The van der Waals surface area contributed by atoms with E-state index in [1.165, 1.54) is 22.3 Å². The molecule has 0 saturated carbocycles. The highest BCUT2D eigenvalue weighted by molar-refractivity contribution is 14.1.